The maximum absolute atomic E-state index is 12.5. The topological polar surface area (TPSA) is 86.5 Å². The first-order chi connectivity index (χ1) is 12.8. The molecular weight excluding hydrogens is 346 g/mol. The number of hydrogen-bond donors (Lipinski definition) is 1. The number of benzene rings is 1. The van der Waals surface area contributed by atoms with E-state index >= 15 is 0 Å². The third-order valence-corrected chi connectivity index (χ3v) is 4.63. The molecule has 7 nitrogen and oxygen atoms in total. The van der Waals surface area contributed by atoms with Gasteiger partial charge < -0.3 is 19.3 Å². The van der Waals surface area contributed by atoms with Crippen LogP contribution in [0, 0.1) is 18.3 Å². The van der Waals surface area contributed by atoms with Crippen molar-refractivity contribution in [3.8, 4) is 5.75 Å². The van der Waals surface area contributed by atoms with Crippen molar-refractivity contribution in [2.75, 3.05) is 13.2 Å². The Kier molecular flexibility index (Phi) is 5.79. The van der Waals surface area contributed by atoms with E-state index in [0.29, 0.717) is 35.5 Å². The maximum Gasteiger partial charge on any atom is 0.251 e. The second-order valence-corrected chi connectivity index (χ2v) is 7.96. The molecule has 1 aliphatic rings. The lowest BCUT2D eigenvalue weighted by molar-refractivity contribution is 0.00737. The molecule has 2 atom stereocenters. The predicted molar refractivity (Wildman–Crippen MR) is 99.4 cm³/mol. The molecule has 7 heteroatoms. The van der Waals surface area contributed by atoms with Crippen molar-refractivity contribution >= 4 is 5.91 Å². The van der Waals surface area contributed by atoms with Gasteiger partial charge in [-0.1, -0.05) is 32.0 Å². The highest BCUT2D eigenvalue weighted by Crippen LogP contribution is 2.34. The average Bonchev–Trinajstić information content (AvgIpc) is 3.26. The number of hydrogen-bond acceptors (Lipinski definition) is 6. The van der Waals surface area contributed by atoms with Crippen LogP contribution in [-0.2, 0) is 11.3 Å². The number of carbonyl (C=O) groups is 1. The van der Waals surface area contributed by atoms with E-state index in [1.165, 1.54) is 0 Å². The van der Waals surface area contributed by atoms with Gasteiger partial charge in [0.2, 0.25) is 11.7 Å². The highest BCUT2D eigenvalue weighted by atomic mass is 16.5. The van der Waals surface area contributed by atoms with Crippen LogP contribution >= 0.6 is 0 Å². The number of aryl methyl sites for hydroxylation is 1. The lowest BCUT2D eigenvalue weighted by atomic mass is 9.81. The minimum Gasteiger partial charge on any atom is -0.485 e. The van der Waals surface area contributed by atoms with Crippen molar-refractivity contribution in [3.63, 3.8) is 0 Å². The Morgan fingerprint density at radius 2 is 2.19 bits per heavy atom. The molecule has 1 N–H and O–H groups in total. The van der Waals surface area contributed by atoms with E-state index in [1.54, 1.807) is 31.2 Å². The largest absolute Gasteiger partial charge is 0.485 e. The summed E-state index contributed by atoms with van der Waals surface area (Å²) in [7, 11) is 0. The number of nitrogens with zero attached hydrogens (tertiary/aromatic N) is 2. The van der Waals surface area contributed by atoms with Gasteiger partial charge in [0.25, 0.3) is 5.91 Å². The van der Waals surface area contributed by atoms with Gasteiger partial charge in [0, 0.05) is 31.6 Å². The fourth-order valence-electron chi connectivity index (χ4n) is 3.40. The quantitative estimate of drug-likeness (QED) is 0.837. The number of nitrogens with one attached hydrogen (secondary N) is 1. The number of carbonyl (C=O) groups excluding carboxylic acids is 1. The predicted octanol–water partition coefficient (Wildman–Crippen LogP) is 3.14. The van der Waals surface area contributed by atoms with Gasteiger partial charge in [-0.3, -0.25) is 4.79 Å². The van der Waals surface area contributed by atoms with Crippen LogP contribution in [0.4, 0.5) is 0 Å². The van der Waals surface area contributed by atoms with E-state index in [0.717, 1.165) is 13.0 Å². The summed E-state index contributed by atoms with van der Waals surface area (Å²) in [5.41, 5.74) is 0.621. The smallest absolute Gasteiger partial charge is 0.251 e. The number of amides is 1. The van der Waals surface area contributed by atoms with E-state index < -0.39 is 0 Å². The highest BCUT2D eigenvalue weighted by Gasteiger charge is 2.37. The van der Waals surface area contributed by atoms with Gasteiger partial charge in [0.05, 0.1) is 6.10 Å². The Labute approximate surface area is 159 Å². The third kappa shape index (κ3) is 5.07. The molecule has 2 heterocycles. The summed E-state index contributed by atoms with van der Waals surface area (Å²) in [6, 6.07) is 7.08. The second-order valence-electron chi connectivity index (χ2n) is 7.96. The Bertz CT molecular complexity index is 782. The normalized spacial score (nSPS) is 19.9. The molecule has 146 valence electrons. The van der Waals surface area contributed by atoms with E-state index in [2.05, 4.69) is 36.2 Å². The molecule has 1 aromatic heterocycles. The molecule has 1 saturated heterocycles. The zero-order valence-electron chi connectivity index (χ0n) is 16.3. The summed E-state index contributed by atoms with van der Waals surface area (Å²) in [6.45, 7) is 9.78. The first-order valence-electron chi connectivity index (χ1n) is 9.25. The molecule has 1 aliphatic heterocycles. The van der Waals surface area contributed by atoms with Crippen LogP contribution in [0.3, 0.4) is 0 Å². The first-order valence-corrected chi connectivity index (χ1v) is 9.25. The Morgan fingerprint density at radius 1 is 1.37 bits per heavy atom. The van der Waals surface area contributed by atoms with Crippen molar-refractivity contribution in [1.82, 2.24) is 15.5 Å². The minimum absolute atomic E-state index is 0.0627. The standard InChI is InChI=1S/C20H27N3O4/c1-13-22-17(23-27-13)12-26-16-7-5-6-14(10-16)19(24)21-11-15-8-9-25-18(15)20(2,3)4/h5-7,10,15,18H,8-9,11-12H2,1-4H3,(H,21,24)/t15-,18+/m1/s1. The molecule has 0 radical (unpaired) electrons. The van der Waals surface area contributed by atoms with Gasteiger partial charge in [-0.25, -0.2) is 0 Å². The van der Waals surface area contributed by atoms with Crippen LogP contribution in [0.5, 0.6) is 5.75 Å². The van der Waals surface area contributed by atoms with Crippen molar-refractivity contribution in [1.29, 1.82) is 0 Å². The summed E-state index contributed by atoms with van der Waals surface area (Å²) >= 11 is 0. The Morgan fingerprint density at radius 3 is 2.89 bits per heavy atom. The molecule has 0 saturated carbocycles. The summed E-state index contributed by atoms with van der Waals surface area (Å²) in [6.07, 6.45) is 1.13. The molecule has 0 unspecified atom stereocenters. The van der Waals surface area contributed by atoms with Crippen LogP contribution < -0.4 is 10.1 Å². The van der Waals surface area contributed by atoms with Crippen molar-refractivity contribution in [3.05, 3.63) is 41.5 Å². The summed E-state index contributed by atoms with van der Waals surface area (Å²) in [4.78, 5) is 16.6. The van der Waals surface area contributed by atoms with Crippen LogP contribution in [0.15, 0.2) is 28.8 Å². The van der Waals surface area contributed by atoms with Crippen molar-refractivity contribution in [2.24, 2.45) is 11.3 Å². The molecule has 0 aliphatic carbocycles. The van der Waals surface area contributed by atoms with Crippen LogP contribution in [0.2, 0.25) is 0 Å². The van der Waals surface area contributed by atoms with Gasteiger partial charge >= 0.3 is 0 Å². The van der Waals surface area contributed by atoms with Gasteiger partial charge in [-0.15, -0.1) is 0 Å². The van der Waals surface area contributed by atoms with Crippen molar-refractivity contribution in [2.45, 2.75) is 46.8 Å². The molecule has 0 spiro atoms. The van der Waals surface area contributed by atoms with E-state index in [-0.39, 0.29) is 24.0 Å². The third-order valence-electron chi connectivity index (χ3n) is 4.63. The molecule has 3 rings (SSSR count). The van der Waals surface area contributed by atoms with Crippen LogP contribution in [0.1, 0.15) is 49.3 Å². The molecule has 2 aromatic rings. The molecule has 0 bridgehead atoms. The monoisotopic (exact) mass is 373 g/mol. The Balaban J connectivity index is 1.55. The SMILES string of the molecule is Cc1nc(COc2cccc(C(=O)NC[C@H]3CCO[C@@H]3C(C)(C)C)c2)no1. The molecular formula is C20H27N3O4. The zero-order chi connectivity index (χ0) is 19.4. The number of aromatic nitrogens is 2. The average molecular weight is 373 g/mol. The van der Waals surface area contributed by atoms with Crippen LogP contribution in [0.25, 0.3) is 0 Å². The van der Waals surface area contributed by atoms with Crippen molar-refractivity contribution < 1.29 is 18.8 Å². The Hall–Kier alpha value is -2.41. The molecule has 1 amide bonds. The number of ether oxygens (including phenoxy) is 2. The number of rotatable bonds is 6. The summed E-state index contributed by atoms with van der Waals surface area (Å²) in [5, 5.41) is 6.82. The molecule has 27 heavy (non-hydrogen) atoms. The summed E-state index contributed by atoms with van der Waals surface area (Å²) in [5.74, 6) is 1.76. The fraction of sp³-hybridized carbons (Fsp3) is 0.550. The van der Waals surface area contributed by atoms with E-state index in [1.807, 2.05) is 0 Å². The highest BCUT2D eigenvalue weighted by molar-refractivity contribution is 5.94. The fourth-order valence-corrected chi connectivity index (χ4v) is 3.40. The van der Waals surface area contributed by atoms with Gasteiger partial charge in [-0.05, 0) is 30.0 Å². The maximum atomic E-state index is 12.5. The van der Waals surface area contributed by atoms with Crippen LogP contribution in [-0.4, -0.2) is 35.3 Å². The van der Waals surface area contributed by atoms with Gasteiger partial charge in [-0.2, -0.15) is 4.98 Å². The molecule has 1 fully saturated rings. The molecule has 1 aromatic carbocycles. The van der Waals surface area contributed by atoms with Gasteiger partial charge in [0.1, 0.15) is 5.75 Å². The lowest BCUT2D eigenvalue weighted by Gasteiger charge is -2.31. The van der Waals surface area contributed by atoms with Gasteiger partial charge in [0.15, 0.2) is 6.61 Å². The van der Waals surface area contributed by atoms with E-state index in [4.69, 9.17) is 14.0 Å². The second kappa shape index (κ2) is 8.08. The minimum atomic E-state index is -0.115. The van der Waals surface area contributed by atoms with E-state index in [9.17, 15) is 4.79 Å². The summed E-state index contributed by atoms with van der Waals surface area (Å²) < 4.78 is 16.4. The first kappa shape index (κ1) is 19.4. The zero-order valence-corrected chi connectivity index (χ0v) is 16.3. The lowest BCUT2D eigenvalue weighted by Crippen LogP contribution is -2.38.